The Morgan fingerprint density at radius 2 is 1.21 bits per heavy atom. The van der Waals surface area contributed by atoms with Crippen LogP contribution in [0.25, 0.3) is 33.6 Å². The third-order valence-corrected chi connectivity index (χ3v) is 10.6. The molecule has 290 valence electrons. The number of benzene rings is 4. The number of ether oxygens (including phenoxy) is 3. The van der Waals surface area contributed by atoms with Gasteiger partial charge in [-0.1, -0.05) is 91.0 Å². The van der Waals surface area contributed by atoms with Crippen LogP contribution >= 0.6 is 0 Å². The number of nitrogens with one attached hydrogen (secondary N) is 2. The van der Waals surface area contributed by atoms with Crippen molar-refractivity contribution in [3.63, 3.8) is 0 Å². The first kappa shape index (κ1) is 37.1. The van der Waals surface area contributed by atoms with Gasteiger partial charge in [-0.15, -0.1) is 0 Å². The lowest BCUT2D eigenvalue weighted by Gasteiger charge is -2.27. The number of aromatic nitrogens is 4. The number of H-pyrrole nitrogens is 2. The van der Waals surface area contributed by atoms with Crippen molar-refractivity contribution in [1.82, 2.24) is 29.7 Å². The molecule has 0 aliphatic carbocycles. The molecule has 2 aliphatic heterocycles. The van der Waals surface area contributed by atoms with Crippen LogP contribution in [0.3, 0.4) is 0 Å². The zero-order valence-electron chi connectivity index (χ0n) is 31.5. The van der Waals surface area contributed by atoms with E-state index in [0.717, 1.165) is 65.1 Å². The molecule has 0 saturated carbocycles. The van der Waals surface area contributed by atoms with E-state index in [9.17, 15) is 14.4 Å². The quantitative estimate of drug-likeness (QED) is 0.116. The van der Waals surface area contributed by atoms with Crippen molar-refractivity contribution in [1.29, 1.82) is 0 Å². The van der Waals surface area contributed by atoms with Crippen molar-refractivity contribution in [3.8, 4) is 45.1 Å². The minimum absolute atomic E-state index is 0.0793. The second-order valence-corrected chi connectivity index (χ2v) is 14.1. The van der Waals surface area contributed by atoms with Gasteiger partial charge in [0.1, 0.15) is 11.6 Å². The van der Waals surface area contributed by atoms with Gasteiger partial charge in [-0.3, -0.25) is 9.59 Å². The Hall–Kier alpha value is -6.89. The van der Waals surface area contributed by atoms with Crippen LogP contribution in [0, 0.1) is 0 Å². The van der Waals surface area contributed by atoms with Crippen LogP contribution in [0.15, 0.2) is 116 Å². The summed E-state index contributed by atoms with van der Waals surface area (Å²) in [6.07, 6.45) is 4.70. The van der Waals surface area contributed by atoms with E-state index in [1.54, 1.807) is 54.6 Å². The van der Waals surface area contributed by atoms with Crippen molar-refractivity contribution < 1.29 is 28.6 Å². The summed E-state index contributed by atoms with van der Waals surface area (Å²) in [5, 5.41) is 0. The summed E-state index contributed by atoms with van der Waals surface area (Å²) >= 11 is 0. The molecule has 57 heavy (non-hydrogen) atoms. The Bertz CT molecular complexity index is 2340. The SMILES string of the molecule is COc1ccccc1OCC(=O)N1CCC[C@H]1c1ncc(-c2ccc(-c3ccc(-c4cnc([C@@H]5CCCN5C(=O)[C@H](OC(N)=O)c5ccccc5)[nH]4)cc3)cc2)[nH]1. The molecular weight excluding hydrogens is 723 g/mol. The first-order valence-electron chi connectivity index (χ1n) is 19.0. The zero-order chi connectivity index (χ0) is 39.3. The summed E-state index contributed by atoms with van der Waals surface area (Å²) in [6, 6.07) is 32.3. The number of carbonyl (C=O) groups excluding carboxylic acids is 3. The van der Waals surface area contributed by atoms with E-state index in [1.165, 1.54) is 0 Å². The molecule has 4 N–H and O–H groups in total. The number of carbonyl (C=O) groups is 3. The maximum absolute atomic E-state index is 13.7. The number of amides is 3. The van der Waals surface area contributed by atoms with Gasteiger partial charge in [-0.25, -0.2) is 14.8 Å². The van der Waals surface area contributed by atoms with Gasteiger partial charge in [0, 0.05) is 18.7 Å². The molecule has 13 heteroatoms. The number of para-hydroxylation sites is 2. The summed E-state index contributed by atoms with van der Waals surface area (Å²) in [7, 11) is 1.58. The molecule has 0 radical (unpaired) electrons. The van der Waals surface area contributed by atoms with E-state index in [4.69, 9.17) is 19.9 Å². The fourth-order valence-electron chi connectivity index (χ4n) is 7.77. The number of rotatable bonds is 12. The predicted octanol–water partition coefficient (Wildman–Crippen LogP) is 7.39. The van der Waals surface area contributed by atoms with Crippen LogP contribution in [-0.2, 0) is 14.3 Å². The van der Waals surface area contributed by atoms with E-state index in [1.807, 2.05) is 41.4 Å². The fourth-order valence-corrected chi connectivity index (χ4v) is 7.77. The fraction of sp³-hybridized carbons (Fsp3) is 0.250. The molecule has 6 aromatic rings. The van der Waals surface area contributed by atoms with Crippen molar-refractivity contribution in [2.75, 3.05) is 26.8 Å². The number of nitrogens with two attached hydrogens (primary N) is 1. The molecule has 3 amide bonds. The van der Waals surface area contributed by atoms with Crippen molar-refractivity contribution >= 4 is 17.9 Å². The highest BCUT2D eigenvalue weighted by Crippen LogP contribution is 2.36. The van der Waals surface area contributed by atoms with Gasteiger partial charge in [0.2, 0.25) is 6.10 Å². The third-order valence-electron chi connectivity index (χ3n) is 10.6. The molecule has 13 nitrogen and oxygen atoms in total. The molecular formula is C44H43N7O6. The average Bonchev–Trinajstić information content (AvgIpc) is 4.09. The first-order chi connectivity index (χ1) is 27.9. The minimum atomic E-state index is -1.13. The lowest BCUT2D eigenvalue weighted by atomic mass is 10.0. The second-order valence-electron chi connectivity index (χ2n) is 14.1. The van der Waals surface area contributed by atoms with Crippen LogP contribution in [0.2, 0.25) is 0 Å². The normalized spacial score (nSPS) is 17.0. The average molecular weight is 766 g/mol. The number of imidazole rings is 2. The minimum Gasteiger partial charge on any atom is -0.493 e. The Kier molecular flexibility index (Phi) is 10.7. The molecule has 4 heterocycles. The van der Waals surface area contributed by atoms with E-state index >= 15 is 0 Å². The van der Waals surface area contributed by atoms with Crippen molar-refractivity contribution in [3.05, 3.63) is 133 Å². The topological polar surface area (TPSA) is 169 Å². The summed E-state index contributed by atoms with van der Waals surface area (Å²) in [4.78, 5) is 58.4. The molecule has 0 unspecified atom stereocenters. The first-order valence-corrected chi connectivity index (χ1v) is 19.0. The molecule has 3 atom stereocenters. The highest BCUT2D eigenvalue weighted by Gasteiger charge is 2.38. The van der Waals surface area contributed by atoms with Crippen LogP contribution in [0.5, 0.6) is 11.5 Å². The number of hydrogen-bond acceptors (Lipinski definition) is 8. The van der Waals surface area contributed by atoms with Crippen molar-refractivity contribution in [2.24, 2.45) is 5.73 Å². The van der Waals surface area contributed by atoms with Crippen LogP contribution in [0.1, 0.15) is 61.1 Å². The molecule has 2 aromatic heterocycles. The lowest BCUT2D eigenvalue weighted by Crippen LogP contribution is -2.37. The summed E-state index contributed by atoms with van der Waals surface area (Å²) in [5.74, 6) is 2.13. The van der Waals surface area contributed by atoms with Gasteiger partial charge in [0.25, 0.3) is 11.8 Å². The van der Waals surface area contributed by atoms with Gasteiger partial charge in [0.15, 0.2) is 18.1 Å². The summed E-state index contributed by atoms with van der Waals surface area (Å²) < 4.78 is 16.5. The largest absolute Gasteiger partial charge is 0.493 e. The Labute approximate surface area is 329 Å². The zero-order valence-corrected chi connectivity index (χ0v) is 31.5. The Morgan fingerprint density at radius 1 is 0.702 bits per heavy atom. The monoisotopic (exact) mass is 765 g/mol. The maximum atomic E-state index is 13.7. The van der Waals surface area contributed by atoms with Crippen LogP contribution in [-0.4, -0.2) is 74.4 Å². The summed E-state index contributed by atoms with van der Waals surface area (Å²) in [6.45, 7) is 1.08. The van der Waals surface area contributed by atoms with Gasteiger partial charge < -0.3 is 39.7 Å². The van der Waals surface area contributed by atoms with E-state index < -0.39 is 12.2 Å². The van der Waals surface area contributed by atoms with Gasteiger partial charge in [-0.05, 0) is 60.1 Å². The van der Waals surface area contributed by atoms with E-state index in [0.29, 0.717) is 36.0 Å². The molecule has 8 rings (SSSR count). The smallest absolute Gasteiger partial charge is 0.405 e. The summed E-state index contributed by atoms with van der Waals surface area (Å²) in [5.41, 5.74) is 11.7. The Morgan fingerprint density at radius 3 is 1.77 bits per heavy atom. The predicted molar refractivity (Wildman–Crippen MR) is 213 cm³/mol. The number of nitrogens with zero attached hydrogens (tertiary/aromatic N) is 4. The number of primary amides is 1. The van der Waals surface area contributed by atoms with Crippen LogP contribution < -0.4 is 15.2 Å². The standard InChI is InChI=1S/C44H43N7O6/c1-55-37-13-5-6-14-38(37)56-27-39(52)50-23-7-11-35(50)41-46-25-33(48-41)30-19-15-28(16-20-30)29-17-21-31(22-18-29)34-26-47-42(49-34)36-12-8-24-51(36)43(53)40(57-44(45)54)32-9-3-2-4-10-32/h2-6,9-10,13-22,25-26,35-36,40H,7-8,11-12,23-24,27H2,1H3,(H2,45,54)(H,46,48)(H,47,49)/t35-,36-,40+/m0/s1. The third kappa shape index (κ3) is 7.95. The Balaban J connectivity index is 0.904. The highest BCUT2D eigenvalue weighted by atomic mass is 16.6. The number of likely N-dealkylation sites (tertiary alicyclic amines) is 2. The van der Waals surface area contributed by atoms with E-state index in [2.05, 4.69) is 56.3 Å². The second kappa shape index (κ2) is 16.5. The maximum Gasteiger partial charge on any atom is 0.405 e. The molecule has 2 fully saturated rings. The molecule has 0 spiro atoms. The molecule has 4 aromatic carbocycles. The molecule has 0 bridgehead atoms. The highest BCUT2D eigenvalue weighted by molar-refractivity contribution is 5.85. The molecule has 2 aliphatic rings. The van der Waals surface area contributed by atoms with Crippen molar-refractivity contribution in [2.45, 2.75) is 43.9 Å². The molecule has 2 saturated heterocycles. The number of hydrogen-bond donors (Lipinski definition) is 3. The van der Waals surface area contributed by atoms with Gasteiger partial charge >= 0.3 is 6.09 Å². The number of aromatic amines is 2. The van der Waals surface area contributed by atoms with E-state index in [-0.39, 0.29) is 30.5 Å². The van der Waals surface area contributed by atoms with Gasteiger partial charge in [0.05, 0.1) is 43.0 Å². The lowest BCUT2D eigenvalue weighted by molar-refractivity contribution is -0.141. The van der Waals surface area contributed by atoms with Crippen LogP contribution in [0.4, 0.5) is 4.79 Å². The van der Waals surface area contributed by atoms with Gasteiger partial charge in [-0.2, -0.15) is 0 Å². The number of methoxy groups -OCH3 is 1.